The maximum absolute atomic E-state index is 6.34. The van der Waals surface area contributed by atoms with Crippen molar-refractivity contribution in [2.45, 2.75) is 0 Å². The minimum absolute atomic E-state index is 0.911. The Balaban J connectivity index is 1.11. The molecule has 3 heterocycles. The third kappa shape index (κ3) is 4.11. The summed E-state index contributed by atoms with van der Waals surface area (Å²) in [6.45, 7) is 0. The van der Waals surface area contributed by atoms with Crippen molar-refractivity contribution in [1.29, 1.82) is 0 Å². The lowest BCUT2D eigenvalue weighted by molar-refractivity contribution is 0.670. The maximum atomic E-state index is 6.34. The Hall–Kier alpha value is -6.45. The average molecular weight is 613 g/mol. The molecule has 0 bridgehead atoms. The number of aromatic nitrogens is 2. The number of imidazole rings is 1. The zero-order valence-corrected chi connectivity index (χ0v) is 26.0. The lowest BCUT2D eigenvalue weighted by Gasteiger charge is -2.13. The molecular weight excluding hydrogens is 585 g/mol. The first-order valence-electron chi connectivity index (χ1n) is 16.3. The highest BCUT2D eigenvalue weighted by atomic mass is 16.3. The topological polar surface area (TPSA) is 30.4 Å². The minimum atomic E-state index is 0.911. The first-order valence-corrected chi connectivity index (χ1v) is 16.3. The van der Waals surface area contributed by atoms with E-state index in [1.165, 1.54) is 33.0 Å². The van der Waals surface area contributed by atoms with Crippen LogP contribution in [0.3, 0.4) is 0 Å². The lowest BCUT2D eigenvalue weighted by Crippen LogP contribution is -1.94. The predicted molar refractivity (Wildman–Crippen MR) is 199 cm³/mol. The number of rotatable bonds is 4. The molecule has 3 aromatic heterocycles. The maximum Gasteiger partial charge on any atom is 0.145 e. The molecule has 10 aromatic rings. The largest absolute Gasteiger partial charge is 0.455 e. The Labute approximate surface area is 277 Å². The SMILES string of the molecule is c1ccc(-c2cccc(-c3ccc4c5ccccc5n5c(-c6ccc(-c7cccc8c7oc7ccccc78)cc6)cnc5c4c3)c2)cc1. The average Bonchev–Trinajstić information content (AvgIpc) is 3.78. The van der Waals surface area contributed by atoms with Crippen molar-refractivity contribution in [3.63, 3.8) is 0 Å². The standard InChI is InChI=1S/C45H28N2O/c1-2-10-29(11-3-1)32-12-8-13-33(26-32)34-24-25-36-37-14-4-6-18-41(37)47-42(28-46-45(47)40(36)27-34)31-22-20-30(21-23-31)35-16-9-17-39-38-15-5-7-19-43(38)48-44(35)39/h1-28H. The fraction of sp³-hybridized carbons (Fsp3) is 0. The van der Waals surface area contributed by atoms with Gasteiger partial charge < -0.3 is 4.42 Å². The molecule has 0 aliphatic heterocycles. The van der Waals surface area contributed by atoms with Crippen LogP contribution in [0.25, 0.3) is 93.9 Å². The van der Waals surface area contributed by atoms with Gasteiger partial charge in [0.1, 0.15) is 16.8 Å². The molecule has 48 heavy (non-hydrogen) atoms. The third-order valence-corrected chi connectivity index (χ3v) is 9.66. The van der Waals surface area contributed by atoms with Crippen LogP contribution in [0.4, 0.5) is 0 Å². The Morgan fingerprint density at radius 1 is 0.417 bits per heavy atom. The van der Waals surface area contributed by atoms with Crippen molar-refractivity contribution in [2.24, 2.45) is 0 Å². The Kier molecular flexibility index (Phi) is 5.87. The second-order valence-corrected chi connectivity index (χ2v) is 12.4. The van der Waals surface area contributed by atoms with Gasteiger partial charge >= 0.3 is 0 Å². The number of hydrogen-bond acceptors (Lipinski definition) is 2. The molecule has 0 radical (unpaired) electrons. The van der Waals surface area contributed by atoms with E-state index in [-0.39, 0.29) is 0 Å². The van der Waals surface area contributed by atoms with E-state index in [9.17, 15) is 0 Å². The van der Waals surface area contributed by atoms with Crippen molar-refractivity contribution >= 4 is 49.3 Å². The number of hydrogen-bond donors (Lipinski definition) is 0. The van der Waals surface area contributed by atoms with Gasteiger partial charge in [-0.05, 0) is 57.5 Å². The summed E-state index contributed by atoms with van der Waals surface area (Å²) in [6, 6.07) is 58.2. The fourth-order valence-corrected chi connectivity index (χ4v) is 7.33. The summed E-state index contributed by atoms with van der Waals surface area (Å²) in [5.41, 5.74) is 13.1. The molecule has 10 rings (SSSR count). The molecular formula is C45H28N2O. The zero-order valence-electron chi connectivity index (χ0n) is 26.0. The molecule has 0 N–H and O–H groups in total. The molecule has 0 amide bonds. The van der Waals surface area contributed by atoms with E-state index in [2.05, 4.69) is 156 Å². The second kappa shape index (κ2) is 10.5. The first-order chi connectivity index (χ1) is 23.8. The van der Waals surface area contributed by atoms with E-state index in [1.807, 2.05) is 18.3 Å². The Bertz CT molecular complexity index is 2820. The Morgan fingerprint density at radius 2 is 1.06 bits per heavy atom. The molecule has 0 atom stereocenters. The number of fused-ring (bicyclic) bond motifs is 9. The van der Waals surface area contributed by atoms with Gasteiger partial charge in [-0.1, -0.05) is 140 Å². The molecule has 0 fully saturated rings. The van der Waals surface area contributed by atoms with Gasteiger partial charge in [-0.2, -0.15) is 0 Å². The summed E-state index contributed by atoms with van der Waals surface area (Å²) < 4.78 is 8.66. The summed E-state index contributed by atoms with van der Waals surface area (Å²) in [5, 5.41) is 5.82. The number of para-hydroxylation sites is 3. The molecule has 0 unspecified atom stereocenters. The van der Waals surface area contributed by atoms with Crippen LogP contribution in [-0.4, -0.2) is 9.38 Å². The molecule has 0 saturated heterocycles. The van der Waals surface area contributed by atoms with Crippen LogP contribution in [0.15, 0.2) is 174 Å². The van der Waals surface area contributed by atoms with Gasteiger partial charge in [0.05, 0.1) is 17.4 Å². The number of pyridine rings is 1. The summed E-state index contributed by atoms with van der Waals surface area (Å²) in [7, 11) is 0. The summed E-state index contributed by atoms with van der Waals surface area (Å²) in [4.78, 5) is 5.07. The van der Waals surface area contributed by atoms with Gasteiger partial charge in [-0.3, -0.25) is 4.40 Å². The van der Waals surface area contributed by atoms with Gasteiger partial charge in [0.15, 0.2) is 0 Å². The van der Waals surface area contributed by atoms with Crippen LogP contribution in [-0.2, 0) is 0 Å². The third-order valence-electron chi connectivity index (χ3n) is 9.66. The quantitative estimate of drug-likeness (QED) is 0.185. The number of nitrogens with zero attached hydrogens (tertiary/aromatic N) is 2. The summed E-state index contributed by atoms with van der Waals surface area (Å²) in [6.07, 6.45) is 2.01. The number of furan rings is 1. The monoisotopic (exact) mass is 612 g/mol. The van der Waals surface area contributed by atoms with E-state index in [1.54, 1.807) is 0 Å². The van der Waals surface area contributed by atoms with Gasteiger partial charge in [0.2, 0.25) is 0 Å². The fourth-order valence-electron chi connectivity index (χ4n) is 7.33. The highest BCUT2D eigenvalue weighted by Gasteiger charge is 2.17. The minimum Gasteiger partial charge on any atom is -0.455 e. The molecule has 0 spiro atoms. The molecule has 7 aromatic carbocycles. The smallest absolute Gasteiger partial charge is 0.145 e. The molecule has 0 aliphatic rings. The molecule has 224 valence electrons. The molecule has 3 heteroatoms. The van der Waals surface area contributed by atoms with Gasteiger partial charge in [-0.15, -0.1) is 0 Å². The molecule has 0 aliphatic carbocycles. The number of benzene rings is 7. The van der Waals surface area contributed by atoms with E-state index >= 15 is 0 Å². The van der Waals surface area contributed by atoms with E-state index in [0.717, 1.165) is 60.9 Å². The van der Waals surface area contributed by atoms with Crippen LogP contribution in [0.2, 0.25) is 0 Å². The summed E-state index contributed by atoms with van der Waals surface area (Å²) >= 11 is 0. The second-order valence-electron chi connectivity index (χ2n) is 12.4. The zero-order chi connectivity index (χ0) is 31.6. The van der Waals surface area contributed by atoms with Gasteiger partial charge in [-0.25, -0.2) is 4.98 Å². The van der Waals surface area contributed by atoms with E-state index in [0.29, 0.717) is 0 Å². The van der Waals surface area contributed by atoms with Crippen molar-refractivity contribution in [3.8, 4) is 44.6 Å². The van der Waals surface area contributed by atoms with Crippen LogP contribution < -0.4 is 0 Å². The molecule has 0 saturated carbocycles. The predicted octanol–water partition coefficient (Wildman–Crippen LogP) is 12.2. The van der Waals surface area contributed by atoms with Crippen molar-refractivity contribution < 1.29 is 4.42 Å². The van der Waals surface area contributed by atoms with Crippen LogP contribution in [0, 0.1) is 0 Å². The highest BCUT2D eigenvalue weighted by molar-refractivity contribution is 6.13. The van der Waals surface area contributed by atoms with Gasteiger partial charge in [0, 0.05) is 32.7 Å². The lowest BCUT2D eigenvalue weighted by atomic mass is 9.96. The van der Waals surface area contributed by atoms with Gasteiger partial charge in [0.25, 0.3) is 0 Å². The van der Waals surface area contributed by atoms with Crippen molar-refractivity contribution in [3.05, 3.63) is 170 Å². The van der Waals surface area contributed by atoms with E-state index in [4.69, 9.17) is 9.40 Å². The Morgan fingerprint density at radius 3 is 1.94 bits per heavy atom. The first kappa shape index (κ1) is 26.7. The normalized spacial score (nSPS) is 11.8. The van der Waals surface area contributed by atoms with Crippen molar-refractivity contribution in [2.75, 3.05) is 0 Å². The van der Waals surface area contributed by atoms with Crippen LogP contribution in [0.1, 0.15) is 0 Å². The molecule has 3 nitrogen and oxygen atoms in total. The van der Waals surface area contributed by atoms with E-state index < -0.39 is 0 Å². The highest BCUT2D eigenvalue weighted by Crippen LogP contribution is 2.38. The van der Waals surface area contributed by atoms with Crippen LogP contribution >= 0.6 is 0 Å². The summed E-state index contributed by atoms with van der Waals surface area (Å²) in [5.74, 6) is 0. The van der Waals surface area contributed by atoms with Crippen LogP contribution in [0.5, 0.6) is 0 Å². The van der Waals surface area contributed by atoms with Crippen molar-refractivity contribution in [1.82, 2.24) is 9.38 Å².